The summed E-state index contributed by atoms with van der Waals surface area (Å²) in [5.41, 5.74) is 3.32. The number of sulfonamides is 1. The highest BCUT2D eigenvalue weighted by molar-refractivity contribution is 7.93. The van der Waals surface area contributed by atoms with Gasteiger partial charge in [-0.15, -0.1) is 0 Å². The van der Waals surface area contributed by atoms with E-state index in [1.165, 1.54) is 4.31 Å². The predicted molar refractivity (Wildman–Crippen MR) is 86.0 cm³/mol. The Morgan fingerprint density at radius 1 is 1.04 bits per heavy atom. The maximum absolute atomic E-state index is 13.1. The fourth-order valence-electron chi connectivity index (χ4n) is 3.02. The van der Waals surface area contributed by atoms with Gasteiger partial charge in [-0.2, -0.15) is 0 Å². The van der Waals surface area contributed by atoms with Crippen LogP contribution in [0.4, 0.5) is 5.69 Å². The molecule has 0 saturated heterocycles. The molecule has 1 atom stereocenters. The van der Waals surface area contributed by atoms with Gasteiger partial charge in [0.2, 0.25) is 6.23 Å². The number of nitrogens with zero attached hydrogens (tertiary/aromatic N) is 1. The Kier molecular flexibility index (Phi) is 3.26. The molecule has 2 aromatic rings. The van der Waals surface area contributed by atoms with E-state index in [2.05, 4.69) is 0 Å². The zero-order chi connectivity index (χ0) is 16.0. The zero-order valence-corrected chi connectivity index (χ0v) is 13.3. The molecule has 2 aliphatic rings. The molecule has 1 unspecified atom stereocenters. The van der Waals surface area contributed by atoms with E-state index in [4.69, 9.17) is 9.78 Å². The first kappa shape index (κ1) is 14.4. The number of anilines is 1. The van der Waals surface area contributed by atoms with E-state index >= 15 is 0 Å². The second-order valence-electron chi connectivity index (χ2n) is 5.54. The van der Waals surface area contributed by atoms with Gasteiger partial charge in [0.15, 0.2) is 0 Å². The molecule has 0 amide bonds. The van der Waals surface area contributed by atoms with Crippen LogP contribution in [0.5, 0.6) is 0 Å². The Morgan fingerprint density at radius 2 is 1.74 bits per heavy atom. The second kappa shape index (κ2) is 5.19. The van der Waals surface area contributed by atoms with Crippen molar-refractivity contribution in [3.05, 3.63) is 65.7 Å². The first-order chi connectivity index (χ1) is 11.1. The fraction of sp³-hybridized carbons (Fsp3) is 0.176. The van der Waals surface area contributed by atoms with Gasteiger partial charge in [-0.1, -0.05) is 36.4 Å². The van der Waals surface area contributed by atoms with Crippen LogP contribution in [0.25, 0.3) is 5.57 Å². The minimum atomic E-state index is -3.75. The molecule has 6 heteroatoms. The van der Waals surface area contributed by atoms with Crippen LogP contribution in [0, 0.1) is 0 Å². The number of hydrogen-bond acceptors (Lipinski definition) is 4. The average molecular weight is 329 g/mol. The third kappa shape index (κ3) is 2.10. The molecule has 4 rings (SSSR count). The van der Waals surface area contributed by atoms with Crippen LogP contribution in [-0.2, 0) is 19.8 Å². The summed E-state index contributed by atoms with van der Waals surface area (Å²) >= 11 is 0. The Morgan fingerprint density at radius 3 is 2.52 bits per heavy atom. The monoisotopic (exact) mass is 329 g/mol. The number of rotatable bonds is 2. The molecular weight excluding hydrogens is 314 g/mol. The Balaban J connectivity index is 1.94. The largest absolute Gasteiger partial charge is 0.266 e. The molecule has 0 N–H and O–H groups in total. The van der Waals surface area contributed by atoms with Gasteiger partial charge >= 0.3 is 0 Å². The molecular formula is C17H15NO4S. The molecule has 23 heavy (non-hydrogen) atoms. The van der Waals surface area contributed by atoms with Gasteiger partial charge < -0.3 is 0 Å². The molecule has 2 aliphatic heterocycles. The third-order valence-corrected chi connectivity index (χ3v) is 5.86. The van der Waals surface area contributed by atoms with E-state index < -0.39 is 16.3 Å². The minimum absolute atomic E-state index is 0.225. The molecule has 5 nitrogen and oxygen atoms in total. The number of hydrogen-bond donors (Lipinski definition) is 0. The average Bonchev–Trinajstić information content (AvgIpc) is 2.92. The SMILES string of the molecule is CC1=C2c3ccccc3N(S(=O)(=O)c3ccccc3)C2OOC1. The van der Waals surface area contributed by atoms with Crippen molar-refractivity contribution in [2.45, 2.75) is 18.0 Å². The zero-order valence-electron chi connectivity index (χ0n) is 12.5. The van der Waals surface area contributed by atoms with Crippen LogP contribution in [0.2, 0.25) is 0 Å². The highest BCUT2D eigenvalue weighted by Gasteiger charge is 2.45. The second-order valence-corrected chi connectivity index (χ2v) is 7.35. The molecule has 0 aliphatic carbocycles. The fourth-order valence-corrected chi connectivity index (χ4v) is 4.56. The lowest BCUT2D eigenvalue weighted by molar-refractivity contribution is -0.308. The van der Waals surface area contributed by atoms with E-state index in [0.717, 1.165) is 16.7 Å². The minimum Gasteiger partial charge on any atom is -0.231 e. The molecule has 0 radical (unpaired) electrons. The molecule has 0 saturated carbocycles. The summed E-state index contributed by atoms with van der Waals surface area (Å²) in [7, 11) is -3.75. The van der Waals surface area contributed by atoms with E-state index in [-0.39, 0.29) is 4.90 Å². The van der Waals surface area contributed by atoms with E-state index in [9.17, 15) is 8.42 Å². The van der Waals surface area contributed by atoms with Crippen molar-refractivity contribution in [1.29, 1.82) is 0 Å². The summed E-state index contributed by atoms with van der Waals surface area (Å²) in [4.78, 5) is 10.7. The summed E-state index contributed by atoms with van der Waals surface area (Å²) in [6, 6.07) is 15.8. The molecule has 0 bridgehead atoms. The molecule has 2 heterocycles. The van der Waals surface area contributed by atoms with Gasteiger partial charge in [0.1, 0.15) is 6.61 Å². The topological polar surface area (TPSA) is 55.8 Å². The molecule has 0 aromatic heterocycles. The maximum Gasteiger partial charge on any atom is 0.266 e. The summed E-state index contributed by atoms with van der Waals surface area (Å²) in [6.07, 6.45) is -0.786. The first-order valence-corrected chi connectivity index (χ1v) is 8.71. The molecule has 2 aromatic carbocycles. The van der Waals surface area contributed by atoms with Gasteiger partial charge in [0.25, 0.3) is 10.0 Å². The third-order valence-electron chi connectivity index (χ3n) is 4.09. The van der Waals surface area contributed by atoms with Crippen LogP contribution in [0.1, 0.15) is 12.5 Å². The Bertz CT molecular complexity index is 890. The van der Waals surface area contributed by atoms with Crippen molar-refractivity contribution in [3.8, 4) is 0 Å². The summed E-state index contributed by atoms with van der Waals surface area (Å²) in [6.45, 7) is 2.26. The lowest BCUT2D eigenvalue weighted by atomic mass is 10.0. The van der Waals surface area contributed by atoms with Crippen LogP contribution in [0.3, 0.4) is 0 Å². The van der Waals surface area contributed by atoms with Crippen LogP contribution >= 0.6 is 0 Å². The summed E-state index contributed by atoms with van der Waals surface area (Å²) < 4.78 is 27.6. The van der Waals surface area contributed by atoms with Crippen molar-refractivity contribution < 1.29 is 18.2 Å². The van der Waals surface area contributed by atoms with E-state index in [0.29, 0.717) is 12.3 Å². The molecule has 0 spiro atoms. The summed E-state index contributed by atoms with van der Waals surface area (Å²) in [5.74, 6) is 0. The molecule has 0 fully saturated rings. The highest BCUT2D eigenvalue weighted by atomic mass is 32.2. The summed E-state index contributed by atoms with van der Waals surface area (Å²) in [5, 5.41) is 0. The predicted octanol–water partition coefficient (Wildman–Crippen LogP) is 2.96. The van der Waals surface area contributed by atoms with Crippen molar-refractivity contribution in [2.24, 2.45) is 0 Å². The lowest BCUT2D eigenvalue weighted by Gasteiger charge is -2.29. The van der Waals surface area contributed by atoms with Gasteiger partial charge in [-0.3, -0.25) is 0 Å². The number of benzene rings is 2. The van der Waals surface area contributed by atoms with Crippen molar-refractivity contribution in [3.63, 3.8) is 0 Å². The standard InChI is InChI=1S/C17H15NO4S/c1-12-11-21-22-17-16(12)14-9-5-6-10-15(14)18(17)23(19,20)13-7-3-2-4-8-13/h2-10,17H,11H2,1H3. The van der Waals surface area contributed by atoms with Crippen molar-refractivity contribution >= 4 is 21.3 Å². The maximum atomic E-state index is 13.1. The van der Waals surface area contributed by atoms with Crippen LogP contribution in [0.15, 0.2) is 65.1 Å². The normalized spacial score (nSPS) is 20.4. The van der Waals surface area contributed by atoms with Gasteiger partial charge in [0.05, 0.1) is 10.6 Å². The van der Waals surface area contributed by atoms with Crippen molar-refractivity contribution in [1.82, 2.24) is 0 Å². The van der Waals surface area contributed by atoms with Gasteiger partial charge in [-0.25, -0.2) is 22.5 Å². The number of para-hydroxylation sites is 1. The van der Waals surface area contributed by atoms with Gasteiger partial charge in [0, 0.05) is 11.1 Å². The van der Waals surface area contributed by atoms with E-state index in [1.807, 2.05) is 25.1 Å². The quantitative estimate of drug-likeness (QED) is 0.795. The van der Waals surface area contributed by atoms with Crippen LogP contribution < -0.4 is 4.31 Å². The Hall–Kier alpha value is -2.15. The molecule has 118 valence electrons. The van der Waals surface area contributed by atoms with Crippen molar-refractivity contribution in [2.75, 3.05) is 10.9 Å². The van der Waals surface area contributed by atoms with Crippen LogP contribution in [-0.4, -0.2) is 21.3 Å². The number of fused-ring (bicyclic) bond motifs is 3. The van der Waals surface area contributed by atoms with E-state index in [1.54, 1.807) is 36.4 Å². The first-order valence-electron chi connectivity index (χ1n) is 7.27. The smallest absolute Gasteiger partial charge is 0.231 e. The van der Waals surface area contributed by atoms with Gasteiger partial charge in [-0.05, 0) is 30.7 Å². The lowest BCUT2D eigenvalue weighted by Crippen LogP contribution is -2.40. The highest BCUT2D eigenvalue weighted by Crippen LogP contribution is 2.46. The Labute approximate surface area is 134 Å².